The van der Waals surface area contributed by atoms with E-state index in [0.717, 1.165) is 10.2 Å². The number of nitrogens with zero attached hydrogens (tertiary/aromatic N) is 2. The van der Waals surface area contributed by atoms with E-state index in [1.165, 1.54) is 11.3 Å². The van der Waals surface area contributed by atoms with Crippen molar-refractivity contribution >= 4 is 33.2 Å². The second-order valence-electron chi connectivity index (χ2n) is 2.86. The summed E-state index contributed by atoms with van der Waals surface area (Å²) in [7, 11) is 0. The maximum absolute atomic E-state index is 5.76. The maximum Gasteiger partial charge on any atom is 0.237 e. The second-order valence-corrected chi connectivity index (χ2v) is 4.11. The molecular formula is C10H7ClN2OS. The molecule has 2 aromatic heterocycles. The van der Waals surface area contributed by atoms with Crippen molar-refractivity contribution in [1.29, 1.82) is 0 Å². The van der Waals surface area contributed by atoms with Crippen LogP contribution in [-0.2, 0) is 0 Å². The zero-order valence-corrected chi connectivity index (χ0v) is 9.47. The average Bonchev–Trinajstić information content (AvgIpc) is 2.65. The quantitative estimate of drug-likeness (QED) is 0.596. The predicted octanol–water partition coefficient (Wildman–Crippen LogP) is 2.75. The Morgan fingerprint density at radius 3 is 3.13 bits per heavy atom. The summed E-state index contributed by atoms with van der Waals surface area (Å²) in [6.07, 6.45) is 4.90. The van der Waals surface area contributed by atoms with Crippen LogP contribution in [0.2, 0.25) is 5.28 Å². The van der Waals surface area contributed by atoms with E-state index in [2.05, 4.69) is 15.9 Å². The van der Waals surface area contributed by atoms with Crippen LogP contribution in [0.4, 0.5) is 0 Å². The van der Waals surface area contributed by atoms with Gasteiger partial charge in [0.2, 0.25) is 11.2 Å². The monoisotopic (exact) mass is 238 g/mol. The largest absolute Gasteiger partial charge is 0.460 e. The molecule has 0 radical (unpaired) electrons. The molecule has 0 amide bonds. The Labute approximate surface area is 96.1 Å². The van der Waals surface area contributed by atoms with Gasteiger partial charge in [0.1, 0.15) is 4.70 Å². The molecule has 76 valence electrons. The van der Waals surface area contributed by atoms with Gasteiger partial charge >= 0.3 is 0 Å². The number of halogens is 1. The first kappa shape index (κ1) is 10.2. The van der Waals surface area contributed by atoms with E-state index in [-0.39, 0.29) is 11.4 Å². The molecule has 0 aliphatic carbocycles. The molecular weight excluding hydrogens is 232 g/mol. The molecule has 0 fully saturated rings. The van der Waals surface area contributed by atoms with Gasteiger partial charge in [0, 0.05) is 0 Å². The number of aromatic nitrogens is 2. The van der Waals surface area contributed by atoms with E-state index < -0.39 is 0 Å². The molecule has 1 atom stereocenters. The third-order valence-electron chi connectivity index (χ3n) is 1.77. The fourth-order valence-corrected chi connectivity index (χ4v) is 2.02. The van der Waals surface area contributed by atoms with Crippen molar-refractivity contribution in [3.63, 3.8) is 0 Å². The van der Waals surface area contributed by atoms with Gasteiger partial charge in [-0.3, -0.25) is 0 Å². The first-order chi connectivity index (χ1) is 7.20. The highest BCUT2D eigenvalue weighted by Gasteiger charge is 2.10. The lowest BCUT2D eigenvalue weighted by atomic mass is 10.4. The molecule has 2 heterocycles. The van der Waals surface area contributed by atoms with Gasteiger partial charge in [0.25, 0.3) is 0 Å². The lowest BCUT2D eigenvalue weighted by Gasteiger charge is -2.08. The fraction of sp³-hybridized carbons (Fsp3) is 0.200. The van der Waals surface area contributed by atoms with Gasteiger partial charge in [0.15, 0.2) is 6.10 Å². The minimum absolute atomic E-state index is 0.167. The van der Waals surface area contributed by atoms with Crippen molar-refractivity contribution in [3.05, 3.63) is 16.7 Å². The molecule has 15 heavy (non-hydrogen) atoms. The van der Waals surface area contributed by atoms with Gasteiger partial charge in [-0.2, -0.15) is 4.98 Å². The number of fused-ring (bicyclic) bond motifs is 1. The molecule has 0 bridgehead atoms. The fourth-order valence-electron chi connectivity index (χ4n) is 1.09. The van der Waals surface area contributed by atoms with Gasteiger partial charge in [-0.15, -0.1) is 17.8 Å². The molecule has 0 N–H and O–H groups in total. The van der Waals surface area contributed by atoms with Gasteiger partial charge in [-0.05, 0) is 30.0 Å². The van der Waals surface area contributed by atoms with E-state index in [1.807, 2.05) is 11.4 Å². The Hall–Kier alpha value is -1.31. The summed E-state index contributed by atoms with van der Waals surface area (Å²) in [5.41, 5.74) is 0.777. The van der Waals surface area contributed by atoms with E-state index >= 15 is 0 Å². The number of rotatable bonds is 2. The Morgan fingerprint density at radius 2 is 2.40 bits per heavy atom. The second kappa shape index (κ2) is 4.05. The number of hydrogen-bond acceptors (Lipinski definition) is 4. The van der Waals surface area contributed by atoms with Crippen LogP contribution in [0.5, 0.6) is 5.88 Å². The van der Waals surface area contributed by atoms with Crippen molar-refractivity contribution in [2.45, 2.75) is 13.0 Å². The van der Waals surface area contributed by atoms with Crippen LogP contribution in [0.1, 0.15) is 6.92 Å². The van der Waals surface area contributed by atoms with Crippen molar-refractivity contribution in [3.8, 4) is 18.2 Å². The molecule has 0 saturated carbocycles. The number of hydrogen-bond donors (Lipinski definition) is 0. The van der Waals surface area contributed by atoms with Gasteiger partial charge in [0.05, 0.1) is 5.52 Å². The van der Waals surface area contributed by atoms with Crippen LogP contribution in [0.3, 0.4) is 0 Å². The summed E-state index contributed by atoms with van der Waals surface area (Å²) < 4.78 is 6.32. The summed E-state index contributed by atoms with van der Waals surface area (Å²) in [5, 5.41) is 2.07. The van der Waals surface area contributed by atoms with Gasteiger partial charge in [-0.1, -0.05) is 5.92 Å². The first-order valence-electron chi connectivity index (χ1n) is 4.24. The van der Waals surface area contributed by atoms with Crippen molar-refractivity contribution in [2.24, 2.45) is 0 Å². The molecule has 0 aromatic carbocycles. The maximum atomic E-state index is 5.76. The molecule has 3 nitrogen and oxygen atoms in total. The molecule has 1 unspecified atom stereocenters. The van der Waals surface area contributed by atoms with E-state index in [1.54, 1.807) is 6.92 Å². The minimum Gasteiger partial charge on any atom is -0.460 e. The summed E-state index contributed by atoms with van der Waals surface area (Å²) in [6, 6.07) is 1.86. The van der Waals surface area contributed by atoms with Crippen LogP contribution in [0.15, 0.2) is 11.4 Å². The number of terminal acetylenes is 1. The Kier molecular flexibility index (Phi) is 2.76. The Balaban J connectivity index is 2.49. The third-order valence-corrected chi connectivity index (χ3v) is 2.83. The Morgan fingerprint density at radius 1 is 1.60 bits per heavy atom. The smallest absolute Gasteiger partial charge is 0.237 e. The van der Waals surface area contributed by atoms with Crippen LogP contribution in [0, 0.1) is 12.3 Å². The van der Waals surface area contributed by atoms with Gasteiger partial charge < -0.3 is 4.74 Å². The highest BCUT2D eigenvalue weighted by atomic mass is 35.5. The third kappa shape index (κ3) is 2.04. The SMILES string of the molecule is C#CC(C)Oc1nc(Cl)nc2ccsc12. The molecule has 5 heteroatoms. The zero-order valence-electron chi connectivity index (χ0n) is 7.90. The van der Waals surface area contributed by atoms with E-state index in [4.69, 9.17) is 22.8 Å². The first-order valence-corrected chi connectivity index (χ1v) is 5.50. The molecule has 0 aliphatic rings. The van der Waals surface area contributed by atoms with Crippen LogP contribution >= 0.6 is 22.9 Å². The standard InChI is InChI=1S/C10H7ClN2OS/c1-3-6(2)14-9-8-7(4-5-15-8)12-10(11)13-9/h1,4-6H,2H3. The molecule has 2 rings (SSSR count). The normalized spacial score (nSPS) is 12.3. The molecule has 0 spiro atoms. The highest BCUT2D eigenvalue weighted by Crippen LogP contribution is 2.29. The summed E-state index contributed by atoms with van der Waals surface area (Å²) in [5.74, 6) is 2.92. The average molecular weight is 239 g/mol. The lowest BCUT2D eigenvalue weighted by molar-refractivity contribution is 0.272. The Bertz CT molecular complexity index is 532. The minimum atomic E-state index is -0.332. The zero-order chi connectivity index (χ0) is 10.8. The molecule has 2 aromatic rings. The summed E-state index contributed by atoms with van der Waals surface area (Å²) in [6.45, 7) is 1.77. The topological polar surface area (TPSA) is 35.0 Å². The molecule has 0 aliphatic heterocycles. The summed E-state index contributed by atoms with van der Waals surface area (Å²) >= 11 is 7.26. The molecule has 0 saturated heterocycles. The van der Waals surface area contributed by atoms with Crippen LogP contribution in [-0.4, -0.2) is 16.1 Å². The highest BCUT2D eigenvalue weighted by molar-refractivity contribution is 7.17. The van der Waals surface area contributed by atoms with E-state index in [0.29, 0.717) is 5.88 Å². The van der Waals surface area contributed by atoms with Crippen molar-refractivity contribution in [1.82, 2.24) is 9.97 Å². The number of thiophene rings is 1. The van der Waals surface area contributed by atoms with Crippen molar-refractivity contribution in [2.75, 3.05) is 0 Å². The predicted molar refractivity (Wildman–Crippen MR) is 61.3 cm³/mol. The number of ether oxygens (including phenoxy) is 1. The van der Waals surface area contributed by atoms with Crippen LogP contribution < -0.4 is 4.74 Å². The van der Waals surface area contributed by atoms with Gasteiger partial charge in [-0.25, -0.2) is 4.98 Å². The summed E-state index contributed by atoms with van der Waals surface area (Å²) in [4.78, 5) is 8.07. The van der Waals surface area contributed by atoms with E-state index in [9.17, 15) is 0 Å². The van der Waals surface area contributed by atoms with Crippen molar-refractivity contribution < 1.29 is 4.74 Å². The lowest BCUT2D eigenvalue weighted by Crippen LogP contribution is -2.09. The van der Waals surface area contributed by atoms with Crippen LogP contribution in [0.25, 0.3) is 10.2 Å².